The van der Waals surface area contributed by atoms with Crippen molar-refractivity contribution in [3.63, 3.8) is 0 Å². The fourth-order valence-electron chi connectivity index (χ4n) is 2.24. The first-order valence-corrected chi connectivity index (χ1v) is 6.94. The summed E-state index contributed by atoms with van der Waals surface area (Å²) in [7, 11) is 0. The van der Waals surface area contributed by atoms with Gasteiger partial charge in [-0.3, -0.25) is 4.68 Å². The zero-order valence-corrected chi connectivity index (χ0v) is 12.1. The monoisotopic (exact) mass is 306 g/mol. The van der Waals surface area contributed by atoms with Crippen molar-refractivity contribution in [2.45, 2.75) is 13.2 Å². The molecular weight excluding hydrogens is 295 g/mol. The Labute approximate surface area is 126 Å². The molecule has 0 saturated heterocycles. The molecule has 2 aromatic carbocycles. The van der Waals surface area contributed by atoms with Crippen molar-refractivity contribution in [3.8, 4) is 0 Å². The van der Waals surface area contributed by atoms with E-state index in [0.717, 1.165) is 16.5 Å². The standard InChI is InChI=1S/C15H12Cl2N2O/c16-11-6-5-10(13(17)7-11)8-19-15-4-2-1-3-12(15)14(9-20)18-19/h1-7,20H,8-9H2. The average Bonchev–Trinajstić information content (AvgIpc) is 2.80. The van der Waals surface area contributed by atoms with Gasteiger partial charge in [0.1, 0.15) is 0 Å². The first-order chi connectivity index (χ1) is 9.69. The molecule has 0 fully saturated rings. The molecule has 1 heterocycles. The third kappa shape index (κ3) is 2.40. The summed E-state index contributed by atoms with van der Waals surface area (Å²) in [5.74, 6) is 0. The number of benzene rings is 2. The van der Waals surface area contributed by atoms with Gasteiger partial charge in [0, 0.05) is 15.4 Å². The number of hydrogen-bond acceptors (Lipinski definition) is 2. The first kappa shape index (κ1) is 13.4. The van der Waals surface area contributed by atoms with Gasteiger partial charge in [-0.1, -0.05) is 47.5 Å². The Morgan fingerprint density at radius 1 is 1.10 bits per heavy atom. The molecule has 1 aromatic heterocycles. The van der Waals surface area contributed by atoms with Crippen molar-refractivity contribution in [2.24, 2.45) is 0 Å². The minimum absolute atomic E-state index is 0.0815. The molecule has 0 aliphatic heterocycles. The molecule has 0 atom stereocenters. The molecule has 0 unspecified atom stereocenters. The third-order valence-corrected chi connectivity index (χ3v) is 3.81. The van der Waals surface area contributed by atoms with Gasteiger partial charge >= 0.3 is 0 Å². The minimum Gasteiger partial charge on any atom is -0.390 e. The molecule has 1 N–H and O–H groups in total. The lowest BCUT2D eigenvalue weighted by atomic mass is 10.2. The molecule has 3 nitrogen and oxygen atoms in total. The highest BCUT2D eigenvalue weighted by Gasteiger charge is 2.10. The van der Waals surface area contributed by atoms with Crippen LogP contribution >= 0.6 is 23.2 Å². The summed E-state index contributed by atoms with van der Waals surface area (Å²) in [6.45, 7) is 0.457. The molecule has 0 aliphatic rings. The van der Waals surface area contributed by atoms with E-state index >= 15 is 0 Å². The highest BCUT2D eigenvalue weighted by Crippen LogP contribution is 2.24. The number of rotatable bonds is 3. The number of para-hydroxylation sites is 1. The zero-order valence-electron chi connectivity index (χ0n) is 10.6. The fraction of sp³-hybridized carbons (Fsp3) is 0.133. The molecule has 0 radical (unpaired) electrons. The highest BCUT2D eigenvalue weighted by molar-refractivity contribution is 6.35. The summed E-state index contributed by atoms with van der Waals surface area (Å²) in [6.07, 6.45) is 0. The maximum atomic E-state index is 9.39. The normalized spacial score (nSPS) is 11.2. The van der Waals surface area contributed by atoms with E-state index in [1.807, 2.05) is 35.0 Å². The van der Waals surface area contributed by atoms with Crippen molar-refractivity contribution >= 4 is 34.1 Å². The van der Waals surface area contributed by atoms with E-state index in [1.165, 1.54) is 0 Å². The van der Waals surface area contributed by atoms with E-state index in [4.69, 9.17) is 23.2 Å². The number of aliphatic hydroxyl groups is 1. The Morgan fingerprint density at radius 3 is 2.65 bits per heavy atom. The van der Waals surface area contributed by atoms with E-state index in [2.05, 4.69) is 5.10 Å². The van der Waals surface area contributed by atoms with E-state index in [-0.39, 0.29) is 6.61 Å². The topological polar surface area (TPSA) is 38.1 Å². The number of fused-ring (bicyclic) bond motifs is 1. The van der Waals surface area contributed by atoms with Crippen LogP contribution in [0.5, 0.6) is 0 Å². The summed E-state index contributed by atoms with van der Waals surface area (Å²) in [4.78, 5) is 0. The SMILES string of the molecule is OCc1nn(Cc2ccc(Cl)cc2Cl)c2ccccc12. The lowest BCUT2D eigenvalue weighted by molar-refractivity contribution is 0.276. The van der Waals surface area contributed by atoms with Crippen LogP contribution in [-0.2, 0) is 13.2 Å². The molecule has 3 rings (SSSR count). The highest BCUT2D eigenvalue weighted by atomic mass is 35.5. The Kier molecular flexibility index (Phi) is 3.66. The van der Waals surface area contributed by atoms with Crippen molar-refractivity contribution in [2.75, 3.05) is 0 Å². The van der Waals surface area contributed by atoms with Gasteiger partial charge in [-0.2, -0.15) is 5.10 Å². The van der Waals surface area contributed by atoms with Crippen molar-refractivity contribution < 1.29 is 5.11 Å². The second kappa shape index (κ2) is 5.44. The molecule has 3 aromatic rings. The van der Waals surface area contributed by atoms with Crippen LogP contribution in [0.2, 0.25) is 10.0 Å². The largest absolute Gasteiger partial charge is 0.390 e. The van der Waals surface area contributed by atoms with Crippen LogP contribution in [0, 0.1) is 0 Å². The Morgan fingerprint density at radius 2 is 1.90 bits per heavy atom. The molecule has 0 spiro atoms. The maximum Gasteiger partial charge on any atom is 0.0957 e. The third-order valence-electron chi connectivity index (χ3n) is 3.22. The van der Waals surface area contributed by atoms with Crippen LogP contribution in [0.1, 0.15) is 11.3 Å². The smallest absolute Gasteiger partial charge is 0.0957 e. The van der Waals surface area contributed by atoms with Crippen LogP contribution in [-0.4, -0.2) is 14.9 Å². The van der Waals surface area contributed by atoms with Gasteiger partial charge in [-0.05, 0) is 23.8 Å². The molecule has 0 saturated carbocycles. The lowest BCUT2D eigenvalue weighted by Gasteiger charge is -2.06. The minimum atomic E-state index is -0.0815. The van der Waals surface area contributed by atoms with Gasteiger partial charge in [-0.15, -0.1) is 0 Å². The van der Waals surface area contributed by atoms with E-state index in [9.17, 15) is 5.11 Å². The second-order valence-electron chi connectivity index (χ2n) is 4.52. The predicted molar refractivity (Wildman–Crippen MR) is 81.2 cm³/mol. The van der Waals surface area contributed by atoms with Gasteiger partial charge in [0.05, 0.1) is 24.4 Å². The van der Waals surface area contributed by atoms with Crippen molar-refractivity contribution in [3.05, 3.63) is 63.8 Å². The summed E-state index contributed by atoms with van der Waals surface area (Å²) in [5, 5.41) is 16.0. The Hall–Kier alpha value is -1.55. The zero-order chi connectivity index (χ0) is 14.1. The number of nitrogens with zero attached hydrogens (tertiary/aromatic N) is 2. The number of halogens is 2. The van der Waals surface area contributed by atoms with E-state index < -0.39 is 0 Å². The van der Waals surface area contributed by atoms with Crippen LogP contribution in [0.4, 0.5) is 0 Å². The maximum absolute atomic E-state index is 9.39. The molecular formula is C15H12Cl2N2O. The fourth-order valence-corrected chi connectivity index (χ4v) is 2.71. The van der Waals surface area contributed by atoms with E-state index in [0.29, 0.717) is 22.3 Å². The molecule has 20 heavy (non-hydrogen) atoms. The predicted octanol–water partition coefficient (Wildman–Crippen LogP) is 3.88. The summed E-state index contributed by atoms with van der Waals surface area (Å²) in [6, 6.07) is 13.2. The van der Waals surface area contributed by atoms with Gasteiger partial charge in [0.2, 0.25) is 0 Å². The summed E-state index contributed by atoms with van der Waals surface area (Å²) in [5.41, 5.74) is 2.59. The summed E-state index contributed by atoms with van der Waals surface area (Å²) >= 11 is 12.1. The molecule has 0 bridgehead atoms. The molecule has 5 heteroatoms. The number of aliphatic hydroxyl groups excluding tert-OH is 1. The van der Waals surface area contributed by atoms with E-state index in [1.54, 1.807) is 12.1 Å². The lowest BCUT2D eigenvalue weighted by Crippen LogP contribution is -2.02. The van der Waals surface area contributed by atoms with Gasteiger partial charge in [0.15, 0.2) is 0 Å². The quantitative estimate of drug-likeness (QED) is 0.797. The molecule has 0 amide bonds. The van der Waals surface area contributed by atoms with Crippen LogP contribution < -0.4 is 0 Å². The van der Waals surface area contributed by atoms with Crippen molar-refractivity contribution in [1.29, 1.82) is 0 Å². The van der Waals surface area contributed by atoms with Crippen LogP contribution in [0.3, 0.4) is 0 Å². The van der Waals surface area contributed by atoms with Crippen molar-refractivity contribution in [1.82, 2.24) is 9.78 Å². The first-order valence-electron chi connectivity index (χ1n) is 6.18. The Balaban J connectivity index is 2.06. The Bertz CT molecular complexity index is 768. The molecule has 102 valence electrons. The average molecular weight is 307 g/mol. The summed E-state index contributed by atoms with van der Waals surface area (Å²) < 4.78 is 1.84. The second-order valence-corrected chi connectivity index (χ2v) is 5.36. The van der Waals surface area contributed by atoms with Gasteiger partial charge in [-0.25, -0.2) is 0 Å². The number of hydrogen-bond donors (Lipinski definition) is 1. The molecule has 0 aliphatic carbocycles. The van der Waals surface area contributed by atoms with Gasteiger partial charge in [0.25, 0.3) is 0 Å². The number of aromatic nitrogens is 2. The van der Waals surface area contributed by atoms with Crippen LogP contribution in [0.15, 0.2) is 42.5 Å². The van der Waals surface area contributed by atoms with Crippen LogP contribution in [0.25, 0.3) is 10.9 Å². The van der Waals surface area contributed by atoms with Gasteiger partial charge < -0.3 is 5.11 Å².